The van der Waals surface area contributed by atoms with Crippen LogP contribution in [-0.2, 0) is 4.79 Å². The lowest BCUT2D eigenvalue weighted by Crippen LogP contribution is -2.51. The van der Waals surface area contributed by atoms with Crippen LogP contribution in [0, 0.1) is 0 Å². The van der Waals surface area contributed by atoms with Gasteiger partial charge in [-0.3, -0.25) is 4.79 Å². The summed E-state index contributed by atoms with van der Waals surface area (Å²) in [5.74, 6) is 0.628. The first kappa shape index (κ1) is 15.3. The fourth-order valence-electron chi connectivity index (χ4n) is 1.54. The molecule has 5 heteroatoms. The normalized spacial score (nSPS) is 14.2. The molecule has 0 fully saturated rings. The molecule has 1 atom stereocenters. The molecule has 0 saturated carbocycles. The minimum Gasteiger partial charge on any atom is -0.368 e. The van der Waals surface area contributed by atoms with Crippen LogP contribution in [0.15, 0.2) is 29.2 Å². The van der Waals surface area contributed by atoms with E-state index in [1.807, 2.05) is 31.2 Å². The number of amides is 1. The van der Waals surface area contributed by atoms with Crippen LogP contribution in [0.5, 0.6) is 0 Å². The van der Waals surface area contributed by atoms with Crippen LogP contribution < -0.4 is 11.1 Å². The Bertz CT molecular complexity index is 414. The highest BCUT2D eigenvalue weighted by Crippen LogP contribution is 2.23. The second-order valence-corrected chi connectivity index (χ2v) is 5.96. The molecule has 18 heavy (non-hydrogen) atoms. The molecule has 3 N–H and O–H groups in total. The van der Waals surface area contributed by atoms with Crippen molar-refractivity contribution < 1.29 is 4.79 Å². The lowest BCUT2D eigenvalue weighted by Gasteiger charge is -2.25. The number of thioether (sulfide) groups is 1. The molecular weight excluding hydrogens is 268 g/mol. The first-order valence-electron chi connectivity index (χ1n) is 5.85. The van der Waals surface area contributed by atoms with Crippen LogP contribution in [-0.4, -0.2) is 24.2 Å². The van der Waals surface area contributed by atoms with E-state index in [0.717, 1.165) is 28.5 Å². The van der Waals surface area contributed by atoms with Crippen LogP contribution in [0.4, 0.5) is 0 Å². The molecular formula is C13H19ClN2OS. The summed E-state index contributed by atoms with van der Waals surface area (Å²) in [6, 6.07) is 7.77. The number of nitrogens with one attached hydrogen (secondary N) is 1. The molecule has 0 aliphatic rings. The molecule has 0 radical (unpaired) electrons. The smallest absolute Gasteiger partial charge is 0.237 e. The maximum absolute atomic E-state index is 11.3. The van der Waals surface area contributed by atoms with E-state index < -0.39 is 5.54 Å². The standard InChI is InChI=1S/C13H19ClN2OS/c1-13(16-2,12(15)17)7-4-8-18-11-6-3-5-10(14)9-11/h3,5-6,9,16H,4,7-8H2,1-2H3,(H2,15,17). The van der Waals surface area contributed by atoms with Gasteiger partial charge in [0.15, 0.2) is 0 Å². The van der Waals surface area contributed by atoms with Crippen molar-refractivity contribution in [1.29, 1.82) is 0 Å². The lowest BCUT2D eigenvalue weighted by molar-refractivity contribution is -0.123. The molecule has 0 heterocycles. The highest BCUT2D eigenvalue weighted by molar-refractivity contribution is 7.99. The van der Waals surface area contributed by atoms with Crippen molar-refractivity contribution in [2.24, 2.45) is 5.73 Å². The third-order valence-electron chi connectivity index (χ3n) is 2.98. The summed E-state index contributed by atoms with van der Waals surface area (Å²) >= 11 is 7.64. The van der Waals surface area contributed by atoms with Gasteiger partial charge in [-0.1, -0.05) is 17.7 Å². The van der Waals surface area contributed by atoms with Gasteiger partial charge < -0.3 is 11.1 Å². The van der Waals surface area contributed by atoms with Crippen molar-refractivity contribution in [3.63, 3.8) is 0 Å². The molecule has 0 aliphatic carbocycles. The Balaban J connectivity index is 2.37. The number of hydrogen-bond donors (Lipinski definition) is 2. The van der Waals surface area contributed by atoms with E-state index in [2.05, 4.69) is 5.32 Å². The van der Waals surface area contributed by atoms with Crippen LogP contribution in [0.25, 0.3) is 0 Å². The third-order valence-corrected chi connectivity index (χ3v) is 4.30. The quantitative estimate of drug-likeness (QED) is 0.598. The number of nitrogens with two attached hydrogens (primary N) is 1. The van der Waals surface area contributed by atoms with Gasteiger partial charge in [0.05, 0.1) is 5.54 Å². The van der Waals surface area contributed by atoms with Gasteiger partial charge in [-0.2, -0.15) is 0 Å². The number of rotatable bonds is 7. The number of likely N-dealkylation sites (N-methyl/N-ethyl adjacent to an activating group) is 1. The molecule has 1 amide bonds. The zero-order chi connectivity index (χ0) is 13.6. The Morgan fingerprint density at radius 1 is 1.56 bits per heavy atom. The van der Waals surface area contributed by atoms with Crippen molar-refractivity contribution in [2.45, 2.75) is 30.2 Å². The van der Waals surface area contributed by atoms with E-state index in [9.17, 15) is 4.79 Å². The average Bonchev–Trinajstić information content (AvgIpc) is 2.34. The van der Waals surface area contributed by atoms with Crippen molar-refractivity contribution in [1.82, 2.24) is 5.32 Å². The van der Waals surface area contributed by atoms with Gasteiger partial charge in [0.1, 0.15) is 0 Å². The highest BCUT2D eigenvalue weighted by Gasteiger charge is 2.27. The average molecular weight is 287 g/mol. The van der Waals surface area contributed by atoms with E-state index in [-0.39, 0.29) is 5.91 Å². The van der Waals surface area contributed by atoms with Gasteiger partial charge in [-0.05, 0) is 50.8 Å². The molecule has 0 bridgehead atoms. The first-order valence-corrected chi connectivity index (χ1v) is 7.21. The lowest BCUT2D eigenvalue weighted by atomic mass is 9.96. The Kier molecular flexibility index (Phi) is 5.99. The van der Waals surface area contributed by atoms with E-state index in [1.54, 1.807) is 18.8 Å². The molecule has 100 valence electrons. The summed E-state index contributed by atoms with van der Waals surface area (Å²) in [5, 5.41) is 3.73. The number of hydrogen-bond acceptors (Lipinski definition) is 3. The monoisotopic (exact) mass is 286 g/mol. The summed E-state index contributed by atoms with van der Waals surface area (Å²) in [7, 11) is 1.76. The third kappa shape index (κ3) is 4.52. The van der Waals surface area contributed by atoms with Crippen molar-refractivity contribution in [3.8, 4) is 0 Å². The number of primary amides is 1. The summed E-state index contributed by atoms with van der Waals surface area (Å²) in [4.78, 5) is 12.4. The fraction of sp³-hybridized carbons (Fsp3) is 0.462. The topological polar surface area (TPSA) is 55.1 Å². The molecule has 3 nitrogen and oxygen atoms in total. The Morgan fingerprint density at radius 3 is 2.83 bits per heavy atom. The summed E-state index contributed by atoms with van der Waals surface area (Å²) in [6.07, 6.45) is 1.64. The van der Waals surface area contributed by atoms with E-state index in [4.69, 9.17) is 17.3 Å². The van der Waals surface area contributed by atoms with Crippen LogP contribution >= 0.6 is 23.4 Å². The molecule has 1 aromatic carbocycles. The first-order chi connectivity index (χ1) is 8.48. The van der Waals surface area contributed by atoms with Crippen LogP contribution in [0.2, 0.25) is 5.02 Å². The number of halogens is 1. The van der Waals surface area contributed by atoms with Gasteiger partial charge in [-0.25, -0.2) is 0 Å². The molecule has 1 unspecified atom stereocenters. The van der Waals surface area contributed by atoms with Crippen LogP contribution in [0.3, 0.4) is 0 Å². The van der Waals surface area contributed by atoms with Gasteiger partial charge >= 0.3 is 0 Å². The summed E-state index contributed by atoms with van der Waals surface area (Å²) < 4.78 is 0. The fourth-order valence-corrected chi connectivity index (χ4v) is 2.71. The zero-order valence-electron chi connectivity index (χ0n) is 10.7. The predicted molar refractivity (Wildman–Crippen MR) is 78.1 cm³/mol. The van der Waals surface area contributed by atoms with Crippen molar-refractivity contribution in [2.75, 3.05) is 12.8 Å². The van der Waals surface area contributed by atoms with Gasteiger partial charge in [0, 0.05) is 9.92 Å². The van der Waals surface area contributed by atoms with Gasteiger partial charge in [0.2, 0.25) is 5.91 Å². The second kappa shape index (κ2) is 7.02. The van der Waals surface area contributed by atoms with Crippen molar-refractivity contribution >= 4 is 29.3 Å². The number of benzene rings is 1. The molecule has 0 saturated heterocycles. The van der Waals surface area contributed by atoms with Crippen molar-refractivity contribution in [3.05, 3.63) is 29.3 Å². The Hall–Kier alpha value is -0.710. The second-order valence-electron chi connectivity index (χ2n) is 4.36. The molecule has 0 aliphatic heterocycles. The molecule has 0 aromatic heterocycles. The van der Waals surface area contributed by atoms with Gasteiger partial charge in [-0.15, -0.1) is 11.8 Å². The highest BCUT2D eigenvalue weighted by atomic mass is 35.5. The van der Waals surface area contributed by atoms with Gasteiger partial charge in [0.25, 0.3) is 0 Å². The Morgan fingerprint density at radius 2 is 2.28 bits per heavy atom. The maximum Gasteiger partial charge on any atom is 0.237 e. The van der Waals surface area contributed by atoms with Crippen LogP contribution in [0.1, 0.15) is 19.8 Å². The minimum atomic E-state index is -0.616. The predicted octanol–water partition coefficient (Wildman–Crippen LogP) is 2.68. The zero-order valence-corrected chi connectivity index (χ0v) is 12.3. The summed E-state index contributed by atoms with van der Waals surface area (Å²) in [5.41, 5.74) is 4.75. The van der Waals surface area contributed by atoms with E-state index in [1.165, 1.54) is 0 Å². The maximum atomic E-state index is 11.3. The number of carbonyl (C=O) groups is 1. The summed E-state index contributed by atoms with van der Waals surface area (Å²) in [6.45, 7) is 1.83. The Labute approximate surface area is 117 Å². The molecule has 1 aromatic rings. The SMILES string of the molecule is CNC(C)(CCCSc1cccc(Cl)c1)C(N)=O. The molecule has 1 rings (SSSR count). The van der Waals surface area contributed by atoms with E-state index in [0.29, 0.717) is 0 Å². The number of carbonyl (C=O) groups excluding carboxylic acids is 1. The minimum absolute atomic E-state index is 0.308. The molecule has 0 spiro atoms. The largest absolute Gasteiger partial charge is 0.368 e. The van der Waals surface area contributed by atoms with E-state index >= 15 is 0 Å².